The molecule has 1 aromatic heterocycles. The van der Waals surface area contributed by atoms with E-state index in [0.29, 0.717) is 22.0 Å². The van der Waals surface area contributed by atoms with Gasteiger partial charge >= 0.3 is 0 Å². The van der Waals surface area contributed by atoms with Crippen molar-refractivity contribution in [2.75, 3.05) is 0 Å². The van der Waals surface area contributed by atoms with E-state index in [1.807, 2.05) is 6.07 Å². The Hall–Kier alpha value is -3.28. The quantitative estimate of drug-likeness (QED) is 0.748. The molecule has 0 bridgehead atoms. The third-order valence-corrected chi connectivity index (χ3v) is 3.92. The number of nitrogens with two attached hydrogens (primary N) is 1. The minimum absolute atomic E-state index is 0.0171. The number of aromatic nitrogens is 1. The first-order valence-electron chi connectivity index (χ1n) is 7.73. The molecule has 3 rings (SSSR count). The van der Waals surface area contributed by atoms with Crippen LogP contribution < -0.4 is 11.1 Å². The number of hydrogen-bond acceptors (Lipinski definition) is 3. The number of hydrogen-bond donors (Lipinski definition) is 2. The lowest BCUT2D eigenvalue weighted by Crippen LogP contribution is -2.46. The van der Waals surface area contributed by atoms with Gasteiger partial charge in [-0.05, 0) is 23.8 Å². The van der Waals surface area contributed by atoms with E-state index in [4.69, 9.17) is 5.73 Å². The third kappa shape index (κ3) is 3.63. The Morgan fingerprint density at radius 1 is 1.08 bits per heavy atom. The molecular formula is C19H16FN3O2. The number of fused-ring (bicyclic) bond motifs is 1. The first-order chi connectivity index (χ1) is 12.1. The van der Waals surface area contributed by atoms with Gasteiger partial charge in [0.1, 0.15) is 11.9 Å². The maximum Gasteiger partial charge on any atom is 0.252 e. The molecule has 0 aliphatic rings. The Kier molecular flexibility index (Phi) is 4.70. The van der Waals surface area contributed by atoms with Gasteiger partial charge in [-0.2, -0.15) is 0 Å². The maximum absolute atomic E-state index is 13.8. The molecule has 126 valence electrons. The van der Waals surface area contributed by atoms with E-state index in [-0.39, 0.29) is 6.42 Å². The summed E-state index contributed by atoms with van der Waals surface area (Å²) in [4.78, 5) is 28.5. The third-order valence-electron chi connectivity index (χ3n) is 3.92. The molecule has 3 aromatic rings. The Bertz CT molecular complexity index is 937. The van der Waals surface area contributed by atoms with Gasteiger partial charge in [-0.1, -0.05) is 36.4 Å². The maximum atomic E-state index is 13.8. The molecule has 2 amide bonds. The number of rotatable bonds is 5. The molecule has 6 heteroatoms. The molecule has 0 saturated heterocycles. The van der Waals surface area contributed by atoms with Crippen LogP contribution in [0.3, 0.4) is 0 Å². The number of pyridine rings is 1. The number of para-hydroxylation sites is 1. The van der Waals surface area contributed by atoms with Gasteiger partial charge in [-0.3, -0.25) is 14.6 Å². The first kappa shape index (κ1) is 16.6. The number of carbonyl (C=O) groups excluding carboxylic acids is 2. The van der Waals surface area contributed by atoms with E-state index >= 15 is 0 Å². The molecule has 0 unspecified atom stereocenters. The lowest BCUT2D eigenvalue weighted by atomic mass is 10.0. The van der Waals surface area contributed by atoms with Crippen LogP contribution in [0.2, 0.25) is 0 Å². The summed E-state index contributed by atoms with van der Waals surface area (Å²) >= 11 is 0. The standard InChI is InChI=1S/C19H16FN3O2/c20-15-7-3-1-5-12(15)11-17(18(21)24)23-19(25)14-9-10-22-16-8-4-2-6-13(14)16/h1-10,17H,11H2,(H2,21,24)(H,23,25)/t17-/m0/s1. The second-order valence-corrected chi connectivity index (χ2v) is 5.60. The van der Waals surface area contributed by atoms with Crippen LogP contribution in [0.25, 0.3) is 10.9 Å². The summed E-state index contributed by atoms with van der Waals surface area (Å²) in [7, 11) is 0. The Labute approximate surface area is 143 Å². The molecule has 2 aromatic carbocycles. The van der Waals surface area contributed by atoms with E-state index in [1.54, 1.807) is 42.5 Å². The van der Waals surface area contributed by atoms with Crippen molar-refractivity contribution in [2.24, 2.45) is 5.73 Å². The summed E-state index contributed by atoms with van der Waals surface area (Å²) < 4.78 is 13.8. The van der Waals surface area contributed by atoms with Crippen molar-refractivity contribution in [3.8, 4) is 0 Å². The summed E-state index contributed by atoms with van der Waals surface area (Å²) in [6.45, 7) is 0. The zero-order valence-corrected chi connectivity index (χ0v) is 13.3. The van der Waals surface area contributed by atoms with Crippen LogP contribution in [0.5, 0.6) is 0 Å². The van der Waals surface area contributed by atoms with E-state index in [2.05, 4.69) is 10.3 Å². The van der Waals surface area contributed by atoms with Crippen LogP contribution in [-0.2, 0) is 11.2 Å². The highest BCUT2D eigenvalue weighted by atomic mass is 19.1. The number of benzene rings is 2. The van der Waals surface area contributed by atoms with Gasteiger partial charge in [0.25, 0.3) is 5.91 Å². The van der Waals surface area contributed by atoms with Crippen molar-refractivity contribution in [3.63, 3.8) is 0 Å². The molecule has 25 heavy (non-hydrogen) atoms. The van der Waals surface area contributed by atoms with Crippen molar-refractivity contribution in [3.05, 3.63) is 77.7 Å². The van der Waals surface area contributed by atoms with Gasteiger partial charge < -0.3 is 11.1 Å². The highest BCUT2D eigenvalue weighted by Gasteiger charge is 2.21. The van der Waals surface area contributed by atoms with Crippen molar-refractivity contribution in [1.82, 2.24) is 10.3 Å². The Morgan fingerprint density at radius 2 is 1.80 bits per heavy atom. The van der Waals surface area contributed by atoms with Crippen LogP contribution in [0.15, 0.2) is 60.8 Å². The second kappa shape index (κ2) is 7.09. The molecule has 0 radical (unpaired) electrons. The number of halogens is 1. The van der Waals surface area contributed by atoms with Crippen molar-refractivity contribution < 1.29 is 14.0 Å². The number of nitrogens with zero attached hydrogens (tertiary/aromatic N) is 1. The van der Waals surface area contributed by atoms with Crippen molar-refractivity contribution >= 4 is 22.7 Å². The summed E-state index contributed by atoms with van der Waals surface area (Å²) in [6.07, 6.45) is 1.50. The summed E-state index contributed by atoms with van der Waals surface area (Å²) in [5.74, 6) is -1.63. The molecular weight excluding hydrogens is 321 g/mol. The molecule has 0 aliphatic carbocycles. The molecule has 0 aliphatic heterocycles. The minimum Gasteiger partial charge on any atom is -0.368 e. The Balaban J connectivity index is 1.86. The van der Waals surface area contributed by atoms with Gasteiger partial charge in [0.05, 0.1) is 11.1 Å². The van der Waals surface area contributed by atoms with Gasteiger partial charge in [-0.25, -0.2) is 4.39 Å². The second-order valence-electron chi connectivity index (χ2n) is 5.60. The normalized spacial score (nSPS) is 11.9. The number of primary amides is 1. The predicted octanol–water partition coefficient (Wildman–Crippen LogP) is 2.20. The number of nitrogens with one attached hydrogen (secondary N) is 1. The van der Waals surface area contributed by atoms with Crippen molar-refractivity contribution in [1.29, 1.82) is 0 Å². The predicted molar refractivity (Wildman–Crippen MR) is 92.3 cm³/mol. The monoisotopic (exact) mass is 337 g/mol. The highest BCUT2D eigenvalue weighted by molar-refractivity contribution is 6.07. The molecule has 0 fully saturated rings. The number of amides is 2. The molecule has 1 heterocycles. The molecule has 5 nitrogen and oxygen atoms in total. The lowest BCUT2D eigenvalue weighted by Gasteiger charge is -2.16. The number of carbonyl (C=O) groups is 2. The van der Waals surface area contributed by atoms with Crippen LogP contribution in [-0.4, -0.2) is 22.8 Å². The SMILES string of the molecule is NC(=O)[C@H](Cc1ccccc1F)NC(=O)c1ccnc2ccccc12. The van der Waals surface area contributed by atoms with E-state index in [9.17, 15) is 14.0 Å². The molecule has 1 atom stereocenters. The average Bonchev–Trinajstić information content (AvgIpc) is 2.62. The van der Waals surface area contributed by atoms with Gasteiger partial charge in [0, 0.05) is 18.0 Å². The largest absolute Gasteiger partial charge is 0.368 e. The lowest BCUT2D eigenvalue weighted by molar-refractivity contribution is -0.119. The van der Waals surface area contributed by atoms with Crippen LogP contribution in [0.4, 0.5) is 4.39 Å². The Morgan fingerprint density at radius 3 is 2.56 bits per heavy atom. The van der Waals surface area contributed by atoms with Crippen LogP contribution in [0.1, 0.15) is 15.9 Å². The van der Waals surface area contributed by atoms with Gasteiger partial charge in [-0.15, -0.1) is 0 Å². The van der Waals surface area contributed by atoms with Gasteiger partial charge in [0.2, 0.25) is 5.91 Å². The van der Waals surface area contributed by atoms with Crippen LogP contribution in [0, 0.1) is 5.82 Å². The summed E-state index contributed by atoms with van der Waals surface area (Å²) in [5, 5.41) is 3.26. The van der Waals surface area contributed by atoms with Crippen molar-refractivity contribution in [2.45, 2.75) is 12.5 Å². The average molecular weight is 337 g/mol. The summed E-state index contributed by atoms with van der Waals surface area (Å²) in [5.41, 5.74) is 6.74. The summed E-state index contributed by atoms with van der Waals surface area (Å²) in [6, 6.07) is 13.8. The smallest absolute Gasteiger partial charge is 0.252 e. The fourth-order valence-electron chi connectivity index (χ4n) is 2.64. The van der Waals surface area contributed by atoms with E-state index in [1.165, 1.54) is 12.3 Å². The fraction of sp³-hybridized carbons (Fsp3) is 0.105. The highest BCUT2D eigenvalue weighted by Crippen LogP contribution is 2.16. The van der Waals surface area contributed by atoms with E-state index < -0.39 is 23.7 Å². The zero-order chi connectivity index (χ0) is 17.8. The molecule has 0 saturated carbocycles. The zero-order valence-electron chi connectivity index (χ0n) is 13.3. The minimum atomic E-state index is -1.02. The van der Waals surface area contributed by atoms with Crippen LogP contribution >= 0.6 is 0 Å². The van der Waals surface area contributed by atoms with E-state index in [0.717, 1.165) is 0 Å². The topological polar surface area (TPSA) is 85.1 Å². The fourth-order valence-corrected chi connectivity index (χ4v) is 2.64. The van der Waals surface area contributed by atoms with Gasteiger partial charge in [0.15, 0.2) is 0 Å². The first-order valence-corrected chi connectivity index (χ1v) is 7.73. The molecule has 3 N–H and O–H groups in total. The molecule has 0 spiro atoms.